The molecule has 1 unspecified atom stereocenters. The first-order valence-corrected chi connectivity index (χ1v) is 7.75. The zero-order valence-electron chi connectivity index (χ0n) is 13.2. The van der Waals surface area contributed by atoms with Crippen molar-refractivity contribution in [2.24, 2.45) is 0 Å². The maximum atomic E-state index is 5.82. The van der Waals surface area contributed by atoms with Crippen molar-refractivity contribution in [1.29, 1.82) is 0 Å². The standard InChI is InChI=1S/C19H25NO/c1-4-13-20-19(16-9-6-5-7-10-16)17-11-8-12-18(14-17)21-15(2)3/h5-12,14-15,19-20H,4,13H2,1-3H3. The van der Waals surface area contributed by atoms with Crippen LogP contribution in [0.5, 0.6) is 5.75 Å². The summed E-state index contributed by atoms with van der Waals surface area (Å²) in [6, 6.07) is 19.2. The number of ether oxygens (including phenoxy) is 1. The molecule has 2 nitrogen and oxygen atoms in total. The van der Waals surface area contributed by atoms with Crippen LogP contribution in [0.4, 0.5) is 0 Å². The van der Waals surface area contributed by atoms with E-state index >= 15 is 0 Å². The van der Waals surface area contributed by atoms with Crippen LogP contribution in [0.3, 0.4) is 0 Å². The fraction of sp³-hybridized carbons (Fsp3) is 0.368. The number of benzene rings is 2. The van der Waals surface area contributed by atoms with Crippen molar-refractivity contribution in [3.05, 3.63) is 65.7 Å². The Hall–Kier alpha value is -1.80. The molecule has 0 heterocycles. The van der Waals surface area contributed by atoms with Crippen LogP contribution in [0.25, 0.3) is 0 Å². The average Bonchev–Trinajstić information content (AvgIpc) is 2.48. The smallest absolute Gasteiger partial charge is 0.120 e. The summed E-state index contributed by atoms with van der Waals surface area (Å²) in [4.78, 5) is 0. The lowest BCUT2D eigenvalue weighted by atomic mass is 9.98. The predicted octanol–water partition coefficient (Wildman–Crippen LogP) is 4.56. The molecule has 0 radical (unpaired) electrons. The molecular formula is C19H25NO. The lowest BCUT2D eigenvalue weighted by Gasteiger charge is -2.21. The lowest BCUT2D eigenvalue weighted by molar-refractivity contribution is 0.242. The summed E-state index contributed by atoms with van der Waals surface area (Å²) in [5, 5.41) is 3.63. The molecule has 0 fully saturated rings. The van der Waals surface area contributed by atoms with E-state index in [0.29, 0.717) is 0 Å². The maximum absolute atomic E-state index is 5.82. The zero-order chi connectivity index (χ0) is 15.1. The molecule has 21 heavy (non-hydrogen) atoms. The highest BCUT2D eigenvalue weighted by Gasteiger charge is 2.13. The molecule has 2 aromatic rings. The molecule has 0 aliphatic carbocycles. The molecular weight excluding hydrogens is 258 g/mol. The molecule has 0 aliphatic heterocycles. The van der Waals surface area contributed by atoms with Crippen LogP contribution >= 0.6 is 0 Å². The summed E-state index contributed by atoms with van der Waals surface area (Å²) < 4.78 is 5.82. The van der Waals surface area contributed by atoms with Gasteiger partial charge in [0.05, 0.1) is 12.1 Å². The molecule has 0 aliphatic rings. The summed E-state index contributed by atoms with van der Waals surface area (Å²) >= 11 is 0. The monoisotopic (exact) mass is 283 g/mol. The summed E-state index contributed by atoms with van der Waals surface area (Å²) in [6.07, 6.45) is 1.31. The van der Waals surface area contributed by atoms with Crippen molar-refractivity contribution in [2.75, 3.05) is 6.54 Å². The SMILES string of the molecule is CCCNC(c1ccccc1)c1cccc(OC(C)C)c1. The summed E-state index contributed by atoms with van der Waals surface area (Å²) in [5.41, 5.74) is 2.53. The van der Waals surface area contributed by atoms with Crippen molar-refractivity contribution in [3.63, 3.8) is 0 Å². The van der Waals surface area contributed by atoms with Crippen LogP contribution in [0.15, 0.2) is 54.6 Å². The van der Waals surface area contributed by atoms with Gasteiger partial charge in [-0.05, 0) is 50.1 Å². The molecule has 0 bridgehead atoms. The molecule has 0 aromatic heterocycles. The van der Waals surface area contributed by atoms with Crippen LogP contribution in [0.1, 0.15) is 44.4 Å². The lowest BCUT2D eigenvalue weighted by Crippen LogP contribution is -2.23. The highest BCUT2D eigenvalue weighted by Crippen LogP contribution is 2.25. The van der Waals surface area contributed by atoms with Gasteiger partial charge in [-0.25, -0.2) is 0 Å². The van der Waals surface area contributed by atoms with Crippen molar-refractivity contribution >= 4 is 0 Å². The summed E-state index contributed by atoms with van der Waals surface area (Å²) in [6.45, 7) is 7.29. The van der Waals surface area contributed by atoms with Gasteiger partial charge in [-0.3, -0.25) is 0 Å². The number of rotatable bonds is 7. The van der Waals surface area contributed by atoms with Crippen LogP contribution in [0, 0.1) is 0 Å². The van der Waals surface area contributed by atoms with Gasteiger partial charge in [0, 0.05) is 0 Å². The largest absolute Gasteiger partial charge is 0.491 e. The van der Waals surface area contributed by atoms with Gasteiger partial charge in [-0.1, -0.05) is 49.4 Å². The van der Waals surface area contributed by atoms with E-state index in [1.807, 2.05) is 6.07 Å². The normalized spacial score (nSPS) is 12.4. The second kappa shape index (κ2) is 7.84. The van der Waals surface area contributed by atoms with E-state index in [1.165, 1.54) is 11.1 Å². The van der Waals surface area contributed by atoms with E-state index < -0.39 is 0 Å². The fourth-order valence-electron chi connectivity index (χ4n) is 2.40. The Morgan fingerprint density at radius 1 is 0.952 bits per heavy atom. The average molecular weight is 283 g/mol. The molecule has 1 N–H and O–H groups in total. The van der Waals surface area contributed by atoms with E-state index in [9.17, 15) is 0 Å². The topological polar surface area (TPSA) is 21.3 Å². The van der Waals surface area contributed by atoms with Crippen molar-refractivity contribution in [2.45, 2.75) is 39.3 Å². The van der Waals surface area contributed by atoms with Crippen molar-refractivity contribution in [3.8, 4) is 5.75 Å². The van der Waals surface area contributed by atoms with E-state index in [0.717, 1.165) is 18.7 Å². The van der Waals surface area contributed by atoms with Crippen LogP contribution < -0.4 is 10.1 Å². The van der Waals surface area contributed by atoms with Crippen molar-refractivity contribution < 1.29 is 4.74 Å². The molecule has 0 spiro atoms. The van der Waals surface area contributed by atoms with Crippen molar-refractivity contribution in [1.82, 2.24) is 5.32 Å². The van der Waals surface area contributed by atoms with Gasteiger partial charge in [0.1, 0.15) is 5.75 Å². The van der Waals surface area contributed by atoms with Crippen LogP contribution in [-0.4, -0.2) is 12.6 Å². The Morgan fingerprint density at radius 3 is 2.33 bits per heavy atom. The minimum atomic E-state index is 0.194. The minimum Gasteiger partial charge on any atom is -0.491 e. The van der Waals surface area contributed by atoms with Crippen LogP contribution in [-0.2, 0) is 0 Å². The molecule has 2 heteroatoms. The van der Waals surface area contributed by atoms with E-state index in [1.54, 1.807) is 0 Å². The molecule has 0 saturated heterocycles. The summed E-state index contributed by atoms with van der Waals surface area (Å²) in [5.74, 6) is 0.932. The van der Waals surface area contributed by atoms with Gasteiger partial charge in [0.2, 0.25) is 0 Å². The first-order chi connectivity index (χ1) is 10.2. The van der Waals surface area contributed by atoms with Gasteiger partial charge < -0.3 is 10.1 Å². The molecule has 0 amide bonds. The first kappa shape index (κ1) is 15.6. The minimum absolute atomic E-state index is 0.194. The van der Waals surface area contributed by atoms with Gasteiger partial charge in [-0.2, -0.15) is 0 Å². The van der Waals surface area contributed by atoms with Crippen LogP contribution in [0.2, 0.25) is 0 Å². The van der Waals surface area contributed by atoms with Gasteiger partial charge in [0.25, 0.3) is 0 Å². The Kier molecular flexibility index (Phi) is 5.82. The first-order valence-electron chi connectivity index (χ1n) is 7.75. The number of nitrogens with one attached hydrogen (secondary N) is 1. The molecule has 112 valence electrons. The third-order valence-electron chi connectivity index (χ3n) is 3.29. The Morgan fingerprint density at radius 2 is 1.67 bits per heavy atom. The Labute approximate surface area is 128 Å². The molecule has 1 atom stereocenters. The van der Waals surface area contributed by atoms with E-state index in [4.69, 9.17) is 4.74 Å². The zero-order valence-corrected chi connectivity index (χ0v) is 13.2. The second-order valence-electron chi connectivity index (χ2n) is 5.54. The highest BCUT2D eigenvalue weighted by atomic mass is 16.5. The third kappa shape index (κ3) is 4.61. The van der Waals surface area contributed by atoms with Gasteiger partial charge in [-0.15, -0.1) is 0 Å². The molecule has 2 aromatic carbocycles. The quantitative estimate of drug-likeness (QED) is 0.804. The Balaban J connectivity index is 2.28. The fourth-order valence-corrected chi connectivity index (χ4v) is 2.40. The number of hydrogen-bond acceptors (Lipinski definition) is 2. The maximum Gasteiger partial charge on any atom is 0.120 e. The molecule has 2 rings (SSSR count). The Bertz CT molecular complexity index is 536. The summed E-state index contributed by atoms with van der Waals surface area (Å²) in [7, 11) is 0. The van der Waals surface area contributed by atoms with Gasteiger partial charge in [0.15, 0.2) is 0 Å². The third-order valence-corrected chi connectivity index (χ3v) is 3.29. The predicted molar refractivity (Wildman–Crippen MR) is 88.8 cm³/mol. The second-order valence-corrected chi connectivity index (χ2v) is 5.54. The van der Waals surface area contributed by atoms with E-state index in [-0.39, 0.29) is 12.1 Å². The number of hydrogen-bond donors (Lipinski definition) is 1. The van der Waals surface area contributed by atoms with Gasteiger partial charge >= 0.3 is 0 Å². The van der Waals surface area contributed by atoms with E-state index in [2.05, 4.69) is 74.6 Å². The highest BCUT2D eigenvalue weighted by molar-refractivity contribution is 5.36. The molecule has 0 saturated carbocycles.